The highest BCUT2D eigenvalue weighted by molar-refractivity contribution is 6.52. The first-order chi connectivity index (χ1) is 9.61. The molecule has 7 heteroatoms. The number of rotatable bonds is 3. The summed E-state index contributed by atoms with van der Waals surface area (Å²) in [6.45, 7) is 2.65. The third-order valence-electron chi connectivity index (χ3n) is 3.23. The smallest absolute Gasteiger partial charge is 0.297 e. The highest BCUT2D eigenvalue weighted by atomic mass is 19.1. The normalized spacial score (nSPS) is 14.0. The molecule has 0 fully saturated rings. The van der Waals surface area contributed by atoms with Crippen LogP contribution >= 0.6 is 0 Å². The Kier molecular flexibility index (Phi) is 2.81. The van der Waals surface area contributed by atoms with Crippen LogP contribution in [0.15, 0.2) is 24.5 Å². The molecule has 0 unspecified atom stereocenters. The molecule has 0 aliphatic carbocycles. The first-order valence-electron chi connectivity index (χ1n) is 6.14. The summed E-state index contributed by atoms with van der Waals surface area (Å²) in [5, 5.41) is 4.01. The van der Waals surface area contributed by atoms with Crippen molar-refractivity contribution in [1.29, 1.82) is 0 Å². The molecule has 20 heavy (non-hydrogen) atoms. The number of ketones is 1. The minimum atomic E-state index is -0.693. The monoisotopic (exact) mass is 274 g/mol. The third-order valence-corrected chi connectivity index (χ3v) is 3.23. The maximum absolute atomic E-state index is 13.2. The van der Waals surface area contributed by atoms with Gasteiger partial charge in [-0.25, -0.2) is 14.1 Å². The van der Waals surface area contributed by atoms with Gasteiger partial charge in [-0.05, 0) is 25.1 Å². The van der Waals surface area contributed by atoms with E-state index >= 15 is 0 Å². The number of nitrogens with zero attached hydrogens (tertiary/aromatic N) is 4. The second-order valence-electron chi connectivity index (χ2n) is 4.37. The van der Waals surface area contributed by atoms with Crippen molar-refractivity contribution in [2.24, 2.45) is 0 Å². The van der Waals surface area contributed by atoms with Crippen molar-refractivity contribution in [2.45, 2.75) is 20.0 Å². The van der Waals surface area contributed by atoms with Crippen LogP contribution in [0.4, 0.5) is 10.1 Å². The first kappa shape index (κ1) is 12.5. The standard InChI is InChI=1S/C13H11FN4O2/c1-2-18-11(15-7-16-18)6-17-10-4-3-8(14)5-9(10)12(19)13(17)20/h3-5,7H,2,6H2,1H3. The number of aromatic nitrogens is 3. The minimum absolute atomic E-state index is 0.0950. The Bertz CT molecular complexity index is 710. The van der Waals surface area contributed by atoms with Gasteiger partial charge >= 0.3 is 0 Å². The first-order valence-corrected chi connectivity index (χ1v) is 6.14. The molecule has 2 heterocycles. The molecule has 0 saturated heterocycles. The van der Waals surface area contributed by atoms with E-state index < -0.39 is 17.5 Å². The van der Waals surface area contributed by atoms with E-state index in [9.17, 15) is 14.0 Å². The maximum Gasteiger partial charge on any atom is 0.299 e. The molecule has 3 rings (SSSR count). The van der Waals surface area contributed by atoms with Gasteiger partial charge in [0.05, 0.1) is 17.8 Å². The van der Waals surface area contributed by atoms with Crippen LogP contribution in [0.3, 0.4) is 0 Å². The average Bonchev–Trinajstić information content (AvgIpc) is 2.98. The van der Waals surface area contributed by atoms with Crippen molar-refractivity contribution in [3.8, 4) is 0 Å². The van der Waals surface area contributed by atoms with Gasteiger partial charge in [-0.15, -0.1) is 0 Å². The summed E-state index contributed by atoms with van der Waals surface area (Å²) in [5.74, 6) is -1.33. The molecule has 6 nitrogen and oxygen atoms in total. The number of amides is 1. The number of hydrogen-bond acceptors (Lipinski definition) is 4. The zero-order valence-electron chi connectivity index (χ0n) is 10.7. The van der Waals surface area contributed by atoms with E-state index in [0.29, 0.717) is 18.1 Å². The second kappa shape index (κ2) is 4.52. The Morgan fingerprint density at radius 1 is 1.30 bits per heavy atom. The maximum atomic E-state index is 13.2. The molecule has 0 N–H and O–H groups in total. The Morgan fingerprint density at radius 3 is 2.85 bits per heavy atom. The molecule has 1 aliphatic heterocycles. The highest BCUT2D eigenvalue weighted by Crippen LogP contribution is 2.30. The number of halogens is 1. The van der Waals surface area contributed by atoms with Crippen LogP contribution in [0, 0.1) is 5.82 Å². The molecule has 1 amide bonds. The van der Waals surface area contributed by atoms with Crippen LogP contribution in [0.5, 0.6) is 0 Å². The summed E-state index contributed by atoms with van der Waals surface area (Å²) in [6, 6.07) is 3.74. The van der Waals surface area contributed by atoms with E-state index in [2.05, 4.69) is 10.1 Å². The van der Waals surface area contributed by atoms with Gasteiger partial charge in [-0.3, -0.25) is 14.5 Å². The summed E-state index contributed by atoms with van der Waals surface area (Å²) in [4.78, 5) is 29.2. The van der Waals surface area contributed by atoms with Gasteiger partial charge in [0, 0.05) is 6.54 Å². The quantitative estimate of drug-likeness (QED) is 0.788. The van der Waals surface area contributed by atoms with Crippen molar-refractivity contribution in [3.05, 3.63) is 41.7 Å². The van der Waals surface area contributed by atoms with Crippen molar-refractivity contribution in [2.75, 3.05) is 4.90 Å². The lowest BCUT2D eigenvalue weighted by Gasteiger charge is -2.16. The van der Waals surface area contributed by atoms with Gasteiger partial charge in [0.25, 0.3) is 11.7 Å². The van der Waals surface area contributed by atoms with Crippen molar-refractivity contribution in [3.63, 3.8) is 0 Å². The number of aryl methyl sites for hydroxylation is 1. The SMILES string of the molecule is CCn1ncnc1CN1C(=O)C(=O)c2cc(F)ccc21. The van der Waals surface area contributed by atoms with E-state index in [1.54, 1.807) is 4.68 Å². The van der Waals surface area contributed by atoms with Gasteiger partial charge in [0.2, 0.25) is 0 Å². The van der Waals surface area contributed by atoms with Crippen molar-refractivity contribution in [1.82, 2.24) is 14.8 Å². The van der Waals surface area contributed by atoms with Gasteiger partial charge < -0.3 is 0 Å². The van der Waals surface area contributed by atoms with Gasteiger partial charge in [0.1, 0.15) is 18.0 Å². The molecule has 2 aromatic rings. The van der Waals surface area contributed by atoms with Crippen LogP contribution in [0.25, 0.3) is 0 Å². The Hall–Kier alpha value is -2.57. The fourth-order valence-electron chi connectivity index (χ4n) is 2.25. The topological polar surface area (TPSA) is 68.1 Å². The highest BCUT2D eigenvalue weighted by Gasteiger charge is 2.36. The molecule has 102 valence electrons. The Morgan fingerprint density at radius 2 is 2.10 bits per heavy atom. The van der Waals surface area contributed by atoms with Crippen LogP contribution in [0.1, 0.15) is 23.1 Å². The largest absolute Gasteiger partial charge is 0.299 e. The summed E-state index contributed by atoms with van der Waals surface area (Å²) in [6.07, 6.45) is 1.40. The summed E-state index contributed by atoms with van der Waals surface area (Å²) in [5.41, 5.74) is 0.504. The lowest BCUT2D eigenvalue weighted by molar-refractivity contribution is -0.114. The molecule has 0 saturated carbocycles. The lowest BCUT2D eigenvalue weighted by atomic mass is 10.1. The van der Waals surface area contributed by atoms with Crippen LogP contribution < -0.4 is 4.90 Å². The molecule has 0 bridgehead atoms. The molecule has 1 aliphatic rings. The fraction of sp³-hybridized carbons (Fsp3) is 0.231. The van der Waals surface area contributed by atoms with E-state index in [4.69, 9.17) is 0 Å². The number of carbonyl (C=O) groups excluding carboxylic acids is 2. The van der Waals surface area contributed by atoms with E-state index in [1.165, 1.54) is 23.4 Å². The average molecular weight is 274 g/mol. The molecule has 1 aromatic carbocycles. The van der Waals surface area contributed by atoms with Gasteiger partial charge in [-0.2, -0.15) is 5.10 Å². The summed E-state index contributed by atoms with van der Waals surface area (Å²) in [7, 11) is 0. The molecular formula is C13H11FN4O2. The van der Waals surface area contributed by atoms with E-state index in [0.717, 1.165) is 6.07 Å². The number of anilines is 1. The molecule has 0 radical (unpaired) electrons. The zero-order valence-corrected chi connectivity index (χ0v) is 10.7. The number of Topliss-reactive ketones (excluding diaryl/α,β-unsaturated/α-hetero) is 1. The molecular weight excluding hydrogens is 263 g/mol. The summed E-state index contributed by atoms with van der Waals surface area (Å²) < 4.78 is 14.8. The van der Waals surface area contributed by atoms with Crippen LogP contribution in [0.2, 0.25) is 0 Å². The van der Waals surface area contributed by atoms with Crippen LogP contribution in [-0.2, 0) is 17.9 Å². The third kappa shape index (κ3) is 1.78. The number of hydrogen-bond donors (Lipinski definition) is 0. The molecule has 0 atom stereocenters. The number of carbonyl (C=O) groups is 2. The fourth-order valence-corrected chi connectivity index (χ4v) is 2.25. The van der Waals surface area contributed by atoms with Crippen molar-refractivity contribution >= 4 is 17.4 Å². The van der Waals surface area contributed by atoms with Crippen LogP contribution in [-0.4, -0.2) is 26.5 Å². The second-order valence-corrected chi connectivity index (χ2v) is 4.37. The zero-order chi connectivity index (χ0) is 14.3. The van der Waals surface area contributed by atoms with Gasteiger partial charge in [0.15, 0.2) is 0 Å². The van der Waals surface area contributed by atoms with Crippen molar-refractivity contribution < 1.29 is 14.0 Å². The van der Waals surface area contributed by atoms with E-state index in [1.807, 2.05) is 6.92 Å². The Labute approximate surface area is 113 Å². The summed E-state index contributed by atoms with van der Waals surface area (Å²) >= 11 is 0. The predicted octanol–water partition coefficient (Wildman–Crippen LogP) is 1.17. The van der Waals surface area contributed by atoms with E-state index in [-0.39, 0.29) is 12.1 Å². The Balaban J connectivity index is 1.99. The van der Waals surface area contributed by atoms with Gasteiger partial charge in [-0.1, -0.05) is 0 Å². The predicted molar refractivity (Wildman–Crippen MR) is 67.6 cm³/mol. The molecule has 1 aromatic heterocycles. The molecule has 0 spiro atoms. The number of fused-ring (bicyclic) bond motifs is 1. The lowest BCUT2D eigenvalue weighted by Crippen LogP contribution is -2.30. The number of benzene rings is 1. The minimum Gasteiger partial charge on any atom is -0.297 e.